The number of carbonyl (C=O) groups excluding carboxylic acids is 1. The molecule has 3 atom stereocenters. The van der Waals surface area contributed by atoms with Crippen LogP contribution in [0.5, 0.6) is 11.5 Å². The van der Waals surface area contributed by atoms with Gasteiger partial charge in [0.1, 0.15) is 30.8 Å². The van der Waals surface area contributed by atoms with Crippen LogP contribution < -0.4 is 19.7 Å². The summed E-state index contributed by atoms with van der Waals surface area (Å²) in [5.74, 6) is -3.67. The number of esters is 1. The van der Waals surface area contributed by atoms with Crippen molar-refractivity contribution in [2.75, 3.05) is 25.2 Å². The number of anilines is 1. The second-order valence-corrected chi connectivity index (χ2v) is 8.55. The number of hydrogen-bond donors (Lipinski definition) is 2. The van der Waals surface area contributed by atoms with E-state index in [1.165, 1.54) is 11.0 Å². The van der Waals surface area contributed by atoms with Crippen molar-refractivity contribution in [2.45, 2.75) is 25.6 Å². The topological polar surface area (TPSA) is 80.3 Å². The van der Waals surface area contributed by atoms with Crippen molar-refractivity contribution in [2.24, 2.45) is 11.8 Å². The number of carbonyl (C=O) groups is 1. The van der Waals surface area contributed by atoms with E-state index in [-0.39, 0.29) is 5.11 Å². The zero-order chi connectivity index (χ0) is 23.9. The third-order valence-electron chi connectivity index (χ3n) is 6.03. The summed E-state index contributed by atoms with van der Waals surface area (Å²) in [7, 11) is 1.15. The highest BCUT2D eigenvalue weighted by Gasteiger charge is 2.59. The molecule has 10 heteroatoms. The number of hydrogen-bond acceptors (Lipinski definition) is 6. The number of methoxy groups -OCH3 is 1. The predicted octanol–water partition coefficient (Wildman–Crippen LogP) is 3.31. The van der Waals surface area contributed by atoms with Gasteiger partial charge >= 0.3 is 5.97 Å². The summed E-state index contributed by atoms with van der Waals surface area (Å²) in [6.07, 6.45) is 0. The summed E-state index contributed by atoms with van der Waals surface area (Å²) < 4.78 is 45.7. The molecule has 2 aromatic carbocycles. The number of benzene rings is 2. The first-order valence-electron chi connectivity index (χ1n) is 10.4. The molecule has 1 saturated heterocycles. The van der Waals surface area contributed by atoms with Gasteiger partial charge in [0.05, 0.1) is 18.8 Å². The van der Waals surface area contributed by atoms with Crippen molar-refractivity contribution in [3.63, 3.8) is 0 Å². The molecular weight excluding hydrogens is 454 g/mol. The average molecular weight is 479 g/mol. The number of nitrogens with zero attached hydrogens (tertiary/aromatic N) is 1. The third-order valence-corrected chi connectivity index (χ3v) is 6.33. The van der Waals surface area contributed by atoms with E-state index in [1.807, 2.05) is 0 Å². The summed E-state index contributed by atoms with van der Waals surface area (Å²) in [6, 6.07) is 7.04. The molecule has 176 valence electrons. The molecule has 7 nitrogen and oxygen atoms in total. The molecule has 2 aliphatic heterocycles. The van der Waals surface area contributed by atoms with Crippen molar-refractivity contribution in [1.82, 2.24) is 5.32 Å². The fraction of sp³-hybridized carbons (Fsp3) is 0.391. The first kappa shape index (κ1) is 23.2. The van der Waals surface area contributed by atoms with Crippen LogP contribution in [0.1, 0.15) is 25.5 Å². The van der Waals surface area contributed by atoms with Crippen LogP contribution in [0, 0.1) is 23.5 Å². The van der Waals surface area contributed by atoms with Gasteiger partial charge in [0.15, 0.2) is 22.3 Å². The summed E-state index contributed by atoms with van der Waals surface area (Å²) in [5, 5.41) is 14.9. The Hall–Kier alpha value is -2.98. The molecular formula is C23H24F2N2O5S. The Morgan fingerprint density at radius 3 is 2.45 bits per heavy atom. The van der Waals surface area contributed by atoms with E-state index in [0.717, 1.165) is 19.2 Å². The van der Waals surface area contributed by atoms with Crippen molar-refractivity contribution >= 4 is 29.0 Å². The number of ether oxygens (including phenoxy) is 3. The Bertz CT molecular complexity index is 1080. The SMILES string of the molecule is COC(=O)[C@@H]1[C@H](c2c(F)cccc2F)NC(=S)N(c2ccc3c(c2)OCCO3)[C@@]1(O)C(C)C. The molecule has 2 N–H and O–H groups in total. The summed E-state index contributed by atoms with van der Waals surface area (Å²) in [4.78, 5) is 14.4. The van der Waals surface area contributed by atoms with Gasteiger partial charge in [-0.15, -0.1) is 0 Å². The molecule has 0 aliphatic carbocycles. The molecule has 2 heterocycles. The summed E-state index contributed by atoms with van der Waals surface area (Å²) in [6.45, 7) is 4.13. The van der Waals surface area contributed by atoms with E-state index >= 15 is 0 Å². The predicted molar refractivity (Wildman–Crippen MR) is 120 cm³/mol. The fourth-order valence-electron chi connectivity index (χ4n) is 4.42. The van der Waals surface area contributed by atoms with E-state index in [9.17, 15) is 18.7 Å². The quantitative estimate of drug-likeness (QED) is 0.512. The zero-order valence-electron chi connectivity index (χ0n) is 18.3. The number of aliphatic hydroxyl groups is 1. The Kier molecular flexibility index (Phi) is 6.15. The number of halogens is 2. The van der Waals surface area contributed by atoms with E-state index in [0.29, 0.717) is 30.4 Å². The van der Waals surface area contributed by atoms with E-state index in [4.69, 9.17) is 26.4 Å². The molecule has 0 aromatic heterocycles. The maximum Gasteiger partial charge on any atom is 0.316 e. The van der Waals surface area contributed by atoms with Crippen molar-refractivity contribution < 1.29 is 32.9 Å². The van der Waals surface area contributed by atoms with Crippen molar-refractivity contribution in [1.29, 1.82) is 0 Å². The Morgan fingerprint density at radius 1 is 1.21 bits per heavy atom. The zero-order valence-corrected chi connectivity index (χ0v) is 19.1. The molecule has 0 saturated carbocycles. The minimum absolute atomic E-state index is 0.0179. The standard InChI is InChI=1S/C23H24F2N2O5S/c1-12(2)23(29)19(21(28)30-3)20(18-14(24)5-4-6-15(18)25)26-22(33)27(23)13-7-8-16-17(11-13)32-10-9-31-16/h4-8,11-12,19-20,29H,9-10H2,1-3H3,(H,26,33)/t19-,20-,23+/m0/s1. The van der Waals surface area contributed by atoms with Gasteiger partial charge in [0, 0.05) is 17.5 Å². The minimum Gasteiger partial charge on any atom is -0.486 e. The molecule has 2 aliphatic rings. The lowest BCUT2D eigenvalue weighted by molar-refractivity contribution is -0.163. The van der Waals surface area contributed by atoms with E-state index in [2.05, 4.69) is 5.32 Å². The van der Waals surface area contributed by atoms with Crippen molar-refractivity contribution in [3.05, 3.63) is 53.6 Å². The summed E-state index contributed by atoms with van der Waals surface area (Å²) >= 11 is 5.56. The van der Waals surface area contributed by atoms with Gasteiger partial charge in [-0.05, 0) is 36.5 Å². The highest BCUT2D eigenvalue weighted by molar-refractivity contribution is 7.80. The highest BCUT2D eigenvalue weighted by Crippen LogP contribution is 2.47. The lowest BCUT2D eigenvalue weighted by Crippen LogP contribution is -2.71. The van der Waals surface area contributed by atoms with Gasteiger partial charge in [0.25, 0.3) is 0 Å². The monoisotopic (exact) mass is 478 g/mol. The first-order chi connectivity index (χ1) is 15.7. The number of fused-ring (bicyclic) bond motifs is 1. The molecule has 2 aromatic rings. The number of rotatable bonds is 4. The maximum absolute atomic E-state index is 14.8. The van der Waals surface area contributed by atoms with Crippen LogP contribution in [0.4, 0.5) is 14.5 Å². The van der Waals surface area contributed by atoms with Crippen LogP contribution in [-0.4, -0.2) is 42.2 Å². The second kappa shape index (κ2) is 8.75. The molecule has 0 spiro atoms. The Balaban J connectivity index is 1.89. The van der Waals surface area contributed by atoms with Crippen LogP contribution in [0.2, 0.25) is 0 Å². The van der Waals surface area contributed by atoms with Gasteiger partial charge in [0.2, 0.25) is 0 Å². The maximum atomic E-state index is 14.8. The smallest absolute Gasteiger partial charge is 0.316 e. The molecule has 33 heavy (non-hydrogen) atoms. The number of thiocarbonyl (C=S) groups is 1. The first-order valence-corrected chi connectivity index (χ1v) is 10.9. The largest absolute Gasteiger partial charge is 0.486 e. The van der Waals surface area contributed by atoms with Gasteiger partial charge in [-0.25, -0.2) is 8.78 Å². The lowest BCUT2D eigenvalue weighted by atomic mass is 9.75. The minimum atomic E-state index is -2.00. The van der Waals surface area contributed by atoms with Gasteiger partial charge in [-0.1, -0.05) is 19.9 Å². The van der Waals surface area contributed by atoms with Crippen molar-refractivity contribution in [3.8, 4) is 11.5 Å². The van der Waals surface area contributed by atoms with Gasteiger partial charge in [-0.3, -0.25) is 9.69 Å². The van der Waals surface area contributed by atoms with E-state index < -0.39 is 46.8 Å². The Morgan fingerprint density at radius 2 is 1.85 bits per heavy atom. The molecule has 4 rings (SSSR count). The molecule has 0 radical (unpaired) electrons. The molecule has 0 bridgehead atoms. The molecule has 0 unspecified atom stereocenters. The van der Waals surface area contributed by atoms with Crippen LogP contribution in [0.25, 0.3) is 0 Å². The van der Waals surface area contributed by atoms with Crippen LogP contribution in [0.3, 0.4) is 0 Å². The second-order valence-electron chi connectivity index (χ2n) is 8.16. The molecule has 1 fully saturated rings. The average Bonchev–Trinajstić information content (AvgIpc) is 2.78. The van der Waals surface area contributed by atoms with Crippen LogP contribution in [0.15, 0.2) is 36.4 Å². The van der Waals surface area contributed by atoms with Gasteiger partial charge in [-0.2, -0.15) is 0 Å². The van der Waals surface area contributed by atoms with Crippen LogP contribution >= 0.6 is 12.2 Å². The normalized spacial score (nSPS) is 24.5. The van der Waals surface area contributed by atoms with Gasteiger partial charge < -0.3 is 24.6 Å². The highest BCUT2D eigenvalue weighted by atomic mass is 32.1. The number of nitrogens with one attached hydrogen (secondary N) is 1. The summed E-state index contributed by atoms with van der Waals surface area (Å²) in [5.41, 5.74) is -2.00. The van der Waals surface area contributed by atoms with Crippen LogP contribution in [-0.2, 0) is 9.53 Å². The lowest BCUT2D eigenvalue weighted by Gasteiger charge is -2.53. The molecule has 0 amide bonds. The van der Waals surface area contributed by atoms with E-state index in [1.54, 1.807) is 32.0 Å². The fourth-order valence-corrected chi connectivity index (χ4v) is 4.80. The Labute approximate surface area is 195 Å². The third kappa shape index (κ3) is 3.76.